The summed E-state index contributed by atoms with van der Waals surface area (Å²) in [6.07, 6.45) is 5.22. The van der Waals surface area contributed by atoms with E-state index in [1.54, 1.807) is 47.7 Å². The zero-order valence-electron chi connectivity index (χ0n) is 22.2. The van der Waals surface area contributed by atoms with Gasteiger partial charge in [0.2, 0.25) is 0 Å². The number of aromatic nitrogens is 3. The average molecular weight is 557 g/mol. The number of nitrogens with one attached hydrogen (secondary N) is 1. The first kappa shape index (κ1) is 28.2. The van der Waals surface area contributed by atoms with Crippen molar-refractivity contribution in [1.82, 2.24) is 23.7 Å². The molecule has 0 saturated heterocycles. The number of carbonyl (C=O) groups excluding carboxylic acids is 2. The number of fused-ring (bicyclic) bond motifs is 1. The second kappa shape index (κ2) is 11.5. The van der Waals surface area contributed by atoms with Crippen LogP contribution in [0.5, 0.6) is 5.75 Å². The van der Waals surface area contributed by atoms with E-state index in [1.807, 2.05) is 6.92 Å². The van der Waals surface area contributed by atoms with Gasteiger partial charge in [-0.2, -0.15) is 4.31 Å². The van der Waals surface area contributed by atoms with E-state index < -0.39 is 22.2 Å². The van der Waals surface area contributed by atoms with Crippen molar-refractivity contribution in [3.05, 3.63) is 66.4 Å². The maximum absolute atomic E-state index is 13.6. The molecule has 3 aromatic rings. The predicted molar refractivity (Wildman–Crippen MR) is 143 cm³/mol. The van der Waals surface area contributed by atoms with Crippen LogP contribution < -0.4 is 10.1 Å². The van der Waals surface area contributed by atoms with Gasteiger partial charge in [-0.15, -0.1) is 0 Å². The van der Waals surface area contributed by atoms with E-state index in [4.69, 9.17) is 4.74 Å². The number of ether oxygens (including phenoxy) is 1. The molecule has 2 aromatic heterocycles. The lowest BCUT2D eigenvalue weighted by atomic mass is 9.99. The van der Waals surface area contributed by atoms with Crippen molar-refractivity contribution in [2.24, 2.45) is 13.0 Å². The number of benzene rings is 1. The fourth-order valence-corrected chi connectivity index (χ4v) is 5.40. The van der Waals surface area contributed by atoms with Gasteiger partial charge < -0.3 is 24.6 Å². The van der Waals surface area contributed by atoms with Crippen LogP contribution >= 0.6 is 0 Å². The van der Waals surface area contributed by atoms with Crippen molar-refractivity contribution >= 4 is 27.5 Å². The number of likely N-dealkylation sites (N-methyl/N-ethyl adjacent to an activating group) is 1. The summed E-state index contributed by atoms with van der Waals surface area (Å²) in [4.78, 5) is 35.7. The summed E-state index contributed by atoms with van der Waals surface area (Å²) in [6.45, 7) is 3.55. The summed E-state index contributed by atoms with van der Waals surface area (Å²) in [7, 11) is -0.742. The highest BCUT2D eigenvalue weighted by atomic mass is 32.2. The molecule has 39 heavy (non-hydrogen) atoms. The fraction of sp³-hybridized carbons (Fsp3) is 0.385. The number of hydrogen-bond acceptors (Lipinski definition) is 8. The molecule has 0 bridgehead atoms. The second-order valence-corrected chi connectivity index (χ2v) is 11.7. The number of hydrogen-bond donors (Lipinski definition) is 2. The van der Waals surface area contributed by atoms with Crippen LogP contribution in [0, 0.1) is 5.92 Å². The lowest BCUT2D eigenvalue weighted by Crippen LogP contribution is -2.50. The summed E-state index contributed by atoms with van der Waals surface area (Å²) in [5, 5.41) is 12.6. The van der Waals surface area contributed by atoms with Crippen LogP contribution in [0.2, 0.25) is 0 Å². The number of sulfonamides is 1. The number of nitrogens with zero attached hydrogens (tertiary/aromatic N) is 5. The van der Waals surface area contributed by atoms with Crippen LogP contribution in [0.25, 0.3) is 0 Å². The average Bonchev–Trinajstić information content (AvgIpc) is 3.38. The standard InChI is InChI=1S/C26H32N6O6S/c1-17-12-32(18(2)15-33)26(35)21-11-20(29-25(34)19-7-9-27-10-8-19)5-6-22(21)38-23(17)13-31(4)39(36,37)24-14-30(3)16-28-24/h5-11,14,16-18,23,33H,12-13,15H2,1-4H3,(H,29,34)/t17-,18+,23-/m1/s1. The molecule has 2 amide bonds. The highest BCUT2D eigenvalue weighted by Crippen LogP contribution is 2.31. The van der Waals surface area contributed by atoms with E-state index >= 15 is 0 Å². The Kier molecular flexibility index (Phi) is 8.33. The third-order valence-electron chi connectivity index (χ3n) is 6.66. The summed E-state index contributed by atoms with van der Waals surface area (Å²) < 4.78 is 35.2. The summed E-state index contributed by atoms with van der Waals surface area (Å²) in [5.74, 6) is -0.780. The van der Waals surface area contributed by atoms with E-state index in [0.717, 1.165) is 0 Å². The number of carbonyl (C=O) groups is 2. The minimum atomic E-state index is -3.88. The van der Waals surface area contributed by atoms with Gasteiger partial charge in [0.1, 0.15) is 11.9 Å². The molecule has 13 heteroatoms. The van der Waals surface area contributed by atoms with Gasteiger partial charge in [0.25, 0.3) is 21.8 Å². The zero-order valence-corrected chi connectivity index (χ0v) is 23.0. The van der Waals surface area contributed by atoms with E-state index in [-0.39, 0.29) is 53.8 Å². The Bertz CT molecular complexity index is 1440. The molecule has 0 unspecified atom stereocenters. The molecule has 0 fully saturated rings. The van der Waals surface area contributed by atoms with Crippen LogP contribution in [0.1, 0.15) is 34.6 Å². The molecule has 0 aliphatic carbocycles. The van der Waals surface area contributed by atoms with Crippen LogP contribution in [0.4, 0.5) is 5.69 Å². The molecule has 3 heterocycles. The van der Waals surface area contributed by atoms with Crippen molar-refractivity contribution in [3.63, 3.8) is 0 Å². The molecule has 0 saturated carbocycles. The van der Waals surface area contributed by atoms with Gasteiger partial charge >= 0.3 is 0 Å². The SMILES string of the molecule is C[C@@H]1CN([C@@H](C)CO)C(=O)c2cc(NC(=O)c3ccncc3)ccc2O[C@@H]1CN(C)S(=O)(=O)c1cn(C)cn1. The Morgan fingerprint density at radius 1 is 1.28 bits per heavy atom. The van der Waals surface area contributed by atoms with Gasteiger partial charge in [0.15, 0.2) is 5.03 Å². The lowest BCUT2D eigenvalue weighted by molar-refractivity contribution is 0.0387. The maximum atomic E-state index is 13.6. The Morgan fingerprint density at radius 3 is 2.64 bits per heavy atom. The number of rotatable bonds is 8. The van der Waals surface area contributed by atoms with Crippen molar-refractivity contribution in [3.8, 4) is 5.75 Å². The van der Waals surface area contributed by atoms with Crippen LogP contribution in [0.15, 0.2) is 60.3 Å². The minimum Gasteiger partial charge on any atom is -0.488 e. The predicted octanol–water partition coefficient (Wildman–Crippen LogP) is 1.61. The molecular weight excluding hydrogens is 524 g/mol. The van der Waals surface area contributed by atoms with E-state index in [1.165, 1.54) is 42.3 Å². The number of anilines is 1. The van der Waals surface area contributed by atoms with Crippen molar-refractivity contribution in [1.29, 1.82) is 0 Å². The first-order valence-corrected chi connectivity index (χ1v) is 13.8. The van der Waals surface area contributed by atoms with E-state index in [9.17, 15) is 23.1 Å². The number of aliphatic hydroxyl groups is 1. The van der Waals surface area contributed by atoms with Gasteiger partial charge in [0, 0.05) is 56.4 Å². The van der Waals surface area contributed by atoms with Gasteiger partial charge in [0.05, 0.1) is 31.1 Å². The first-order valence-electron chi connectivity index (χ1n) is 12.4. The Hall–Kier alpha value is -3.81. The molecular formula is C26H32N6O6S. The highest BCUT2D eigenvalue weighted by molar-refractivity contribution is 7.89. The monoisotopic (exact) mass is 556 g/mol. The molecule has 1 aliphatic heterocycles. The smallest absolute Gasteiger partial charge is 0.261 e. The summed E-state index contributed by atoms with van der Waals surface area (Å²) >= 11 is 0. The largest absolute Gasteiger partial charge is 0.488 e. The molecule has 4 rings (SSSR count). The van der Waals surface area contributed by atoms with Gasteiger partial charge in [-0.1, -0.05) is 6.92 Å². The molecule has 2 N–H and O–H groups in total. The third kappa shape index (κ3) is 6.10. The van der Waals surface area contributed by atoms with Gasteiger partial charge in [-0.05, 0) is 37.3 Å². The number of aryl methyl sites for hydroxylation is 1. The topological polar surface area (TPSA) is 147 Å². The maximum Gasteiger partial charge on any atom is 0.261 e. The van der Waals surface area contributed by atoms with Crippen molar-refractivity contribution in [2.75, 3.05) is 32.1 Å². The van der Waals surface area contributed by atoms with E-state index in [0.29, 0.717) is 11.3 Å². The first-order chi connectivity index (χ1) is 18.5. The van der Waals surface area contributed by atoms with Gasteiger partial charge in [-0.25, -0.2) is 13.4 Å². The molecule has 0 radical (unpaired) electrons. The van der Waals surface area contributed by atoms with Crippen molar-refractivity contribution < 1.29 is 27.9 Å². The van der Waals surface area contributed by atoms with E-state index in [2.05, 4.69) is 15.3 Å². The number of amides is 2. The summed E-state index contributed by atoms with van der Waals surface area (Å²) in [5.41, 5.74) is 0.972. The van der Waals surface area contributed by atoms with Crippen LogP contribution in [0.3, 0.4) is 0 Å². The zero-order chi connectivity index (χ0) is 28.3. The Morgan fingerprint density at radius 2 is 2.00 bits per heavy atom. The van der Waals surface area contributed by atoms with Crippen molar-refractivity contribution in [2.45, 2.75) is 31.0 Å². The Balaban J connectivity index is 1.65. The fourth-order valence-electron chi connectivity index (χ4n) is 4.26. The second-order valence-electron chi connectivity index (χ2n) is 9.69. The quantitative estimate of drug-likeness (QED) is 0.425. The molecule has 1 aliphatic rings. The number of aliphatic hydroxyl groups excluding tert-OH is 1. The molecule has 12 nitrogen and oxygen atoms in total. The molecule has 0 spiro atoms. The highest BCUT2D eigenvalue weighted by Gasteiger charge is 2.35. The molecule has 3 atom stereocenters. The summed E-state index contributed by atoms with van der Waals surface area (Å²) in [6, 6.07) is 7.36. The Labute approximate surface area is 227 Å². The third-order valence-corrected chi connectivity index (χ3v) is 8.37. The van der Waals surface area contributed by atoms with Gasteiger partial charge in [-0.3, -0.25) is 14.6 Å². The van der Waals surface area contributed by atoms with Crippen LogP contribution in [-0.4, -0.2) is 88.0 Å². The number of pyridine rings is 1. The van der Waals surface area contributed by atoms with Crippen LogP contribution in [-0.2, 0) is 17.1 Å². The molecule has 1 aromatic carbocycles. The molecule has 208 valence electrons. The lowest BCUT2D eigenvalue weighted by Gasteiger charge is -2.38. The normalized spacial score (nSPS) is 18.6. The minimum absolute atomic E-state index is 0.00438. The number of imidazole rings is 1.